The van der Waals surface area contributed by atoms with Gasteiger partial charge in [-0.2, -0.15) is 0 Å². The molecule has 0 aromatic heterocycles. The summed E-state index contributed by atoms with van der Waals surface area (Å²) in [6.07, 6.45) is 45.2. The first-order valence-corrected chi connectivity index (χ1v) is 22.2. The average molecular weight is 732 g/mol. The molecule has 0 rings (SSSR count). The highest BCUT2D eigenvalue weighted by molar-refractivity contribution is 5.78. The van der Waals surface area contributed by atoms with Crippen molar-refractivity contribution < 1.29 is 24.5 Å². The molecule has 0 heterocycles. The van der Waals surface area contributed by atoms with Gasteiger partial charge >= 0.3 is 5.97 Å². The Hall–Kier alpha value is -1.92. The number of carbonyl (C=O) groups excluding carboxylic acids is 2. The first-order valence-electron chi connectivity index (χ1n) is 22.2. The van der Waals surface area contributed by atoms with Crippen molar-refractivity contribution in [3.63, 3.8) is 0 Å². The first kappa shape index (κ1) is 50.1. The molecule has 6 nitrogen and oxygen atoms in total. The van der Waals surface area contributed by atoms with Gasteiger partial charge in [0.2, 0.25) is 5.91 Å². The molecule has 0 fully saturated rings. The molecule has 3 atom stereocenters. The van der Waals surface area contributed by atoms with E-state index in [0.29, 0.717) is 19.3 Å². The molecule has 3 unspecified atom stereocenters. The maximum Gasteiger partial charge on any atom is 0.306 e. The van der Waals surface area contributed by atoms with Gasteiger partial charge in [-0.1, -0.05) is 180 Å². The second kappa shape index (κ2) is 40.3. The summed E-state index contributed by atoms with van der Waals surface area (Å²) in [5.41, 5.74) is 0. The van der Waals surface area contributed by atoms with Crippen LogP contribution in [-0.4, -0.2) is 46.9 Å². The summed E-state index contributed by atoms with van der Waals surface area (Å²) in [6.45, 7) is 6.39. The molecule has 0 aromatic rings. The quantitative estimate of drug-likeness (QED) is 0.0332. The average Bonchev–Trinajstić information content (AvgIpc) is 3.13. The molecule has 0 spiro atoms. The second-order valence-electron chi connectivity index (χ2n) is 15.1. The topological polar surface area (TPSA) is 95.9 Å². The summed E-state index contributed by atoms with van der Waals surface area (Å²) >= 11 is 0. The lowest BCUT2D eigenvalue weighted by Crippen LogP contribution is -2.46. The molecule has 304 valence electrons. The molecular formula is C46H85NO5. The van der Waals surface area contributed by atoms with Crippen molar-refractivity contribution in [2.24, 2.45) is 0 Å². The number of aliphatic hydroxyl groups excluding tert-OH is 2. The van der Waals surface area contributed by atoms with Gasteiger partial charge in [0.25, 0.3) is 0 Å². The lowest BCUT2D eigenvalue weighted by molar-refractivity contribution is -0.148. The van der Waals surface area contributed by atoms with Crippen LogP contribution in [0.1, 0.15) is 220 Å². The highest BCUT2D eigenvalue weighted by Crippen LogP contribution is 2.15. The maximum atomic E-state index is 13.0. The molecule has 6 heteroatoms. The fourth-order valence-corrected chi connectivity index (χ4v) is 6.51. The number of aliphatic hydroxyl groups is 2. The number of allylic oxidation sites excluding steroid dienone is 5. The van der Waals surface area contributed by atoms with Gasteiger partial charge in [-0.05, 0) is 63.9 Å². The van der Waals surface area contributed by atoms with E-state index in [-0.39, 0.29) is 24.9 Å². The van der Waals surface area contributed by atoms with Crippen LogP contribution in [0.5, 0.6) is 0 Å². The van der Waals surface area contributed by atoms with Crippen LogP contribution < -0.4 is 5.32 Å². The van der Waals surface area contributed by atoms with Gasteiger partial charge in [0.05, 0.1) is 25.2 Å². The third-order valence-corrected chi connectivity index (χ3v) is 9.94. The van der Waals surface area contributed by atoms with E-state index in [1.807, 2.05) is 12.2 Å². The highest BCUT2D eigenvalue weighted by Gasteiger charge is 2.23. The van der Waals surface area contributed by atoms with Crippen molar-refractivity contribution in [2.75, 3.05) is 6.61 Å². The minimum Gasteiger partial charge on any atom is -0.458 e. The molecule has 0 aliphatic heterocycles. The Morgan fingerprint density at radius 1 is 0.577 bits per heavy atom. The Balaban J connectivity index is 4.71. The molecule has 0 bridgehead atoms. The maximum absolute atomic E-state index is 13.0. The number of hydrogen-bond donors (Lipinski definition) is 3. The van der Waals surface area contributed by atoms with Crippen LogP contribution in [-0.2, 0) is 14.3 Å². The molecule has 0 radical (unpaired) electrons. The standard InChI is InChI=1S/C46H85NO5/c1-4-7-10-13-16-19-21-22-24-27-30-33-36-39-46(51)52-42(37-34-31-28-26-23-20-17-14-11-8-5-2)40-45(50)47-43(41-48)44(49)38-35-32-29-25-18-15-12-9-6-3/h22,24,26,28,34,37,42-44,48-49H,4-21,23,25,27,29-33,35-36,38-41H2,1-3H3,(H,47,50)/b24-22-,28-26-,37-34+. The molecule has 0 saturated heterocycles. The summed E-state index contributed by atoms with van der Waals surface area (Å²) in [6, 6.07) is -0.730. The van der Waals surface area contributed by atoms with Crippen LogP contribution in [0.25, 0.3) is 0 Å². The Bertz CT molecular complexity index is 869. The second-order valence-corrected chi connectivity index (χ2v) is 15.1. The first-order chi connectivity index (χ1) is 25.5. The fraction of sp³-hybridized carbons (Fsp3) is 0.826. The molecule has 1 amide bonds. The van der Waals surface area contributed by atoms with Crippen molar-refractivity contribution in [1.82, 2.24) is 5.32 Å². The summed E-state index contributed by atoms with van der Waals surface area (Å²) in [4.78, 5) is 25.8. The van der Waals surface area contributed by atoms with E-state index >= 15 is 0 Å². The van der Waals surface area contributed by atoms with E-state index in [0.717, 1.165) is 57.8 Å². The van der Waals surface area contributed by atoms with Crippen LogP contribution in [0.2, 0.25) is 0 Å². The van der Waals surface area contributed by atoms with Gasteiger partial charge < -0.3 is 20.3 Å². The van der Waals surface area contributed by atoms with E-state index in [1.165, 1.54) is 116 Å². The summed E-state index contributed by atoms with van der Waals surface area (Å²) < 4.78 is 5.78. The number of esters is 1. The van der Waals surface area contributed by atoms with Crippen LogP contribution >= 0.6 is 0 Å². The van der Waals surface area contributed by atoms with E-state index in [9.17, 15) is 19.8 Å². The minimum absolute atomic E-state index is 0.0334. The Kier molecular flexibility index (Phi) is 38.8. The number of rotatable bonds is 39. The van der Waals surface area contributed by atoms with Gasteiger partial charge in [0, 0.05) is 6.42 Å². The molecule has 0 aromatic carbocycles. The van der Waals surface area contributed by atoms with Crippen LogP contribution in [0, 0.1) is 0 Å². The number of amides is 1. The van der Waals surface area contributed by atoms with Gasteiger partial charge in [0.1, 0.15) is 6.10 Å². The van der Waals surface area contributed by atoms with Crippen molar-refractivity contribution in [3.8, 4) is 0 Å². The molecule has 0 aliphatic carbocycles. The van der Waals surface area contributed by atoms with E-state index in [4.69, 9.17) is 4.74 Å². The molecule has 0 aliphatic rings. The third-order valence-electron chi connectivity index (χ3n) is 9.94. The smallest absolute Gasteiger partial charge is 0.306 e. The predicted octanol–water partition coefficient (Wildman–Crippen LogP) is 12.6. The van der Waals surface area contributed by atoms with Crippen molar-refractivity contribution in [3.05, 3.63) is 36.5 Å². The van der Waals surface area contributed by atoms with Crippen LogP contribution in [0.3, 0.4) is 0 Å². The molecular weight excluding hydrogens is 647 g/mol. The zero-order chi connectivity index (χ0) is 38.2. The van der Waals surface area contributed by atoms with E-state index in [2.05, 4.69) is 50.4 Å². The Labute approximate surface area is 322 Å². The van der Waals surface area contributed by atoms with Crippen LogP contribution in [0.15, 0.2) is 36.5 Å². The van der Waals surface area contributed by atoms with Gasteiger partial charge in [-0.3, -0.25) is 9.59 Å². The lowest BCUT2D eigenvalue weighted by Gasteiger charge is -2.23. The van der Waals surface area contributed by atoms with Gasteiger partial charge in [-0.25, -0.2) is 0 Å². The summed E-state index contributed by atoms with van der Waals surface area (Å²) in [5, 5.41) is 23.5. The number of ether oxygens (including phenoxy) is 1. The van der Waals surface area contributed by atoms with E-state index in [1.54, 1.807) is 0 Å². The van der Waals surface area contributed by atoms with Gasteiger partial charge in [0.15, 0.2) is 0 Å². The predicted molar refractivity (Wildman–Crippen MR) is 222 cm³/mol. The highest BCUT2D eigenvalue weighted by atomic mass is 16.5. The monoisotopic (exact) mass is 732 g/mol. The number of hydrogen-bond acceptors (Lipinski definition) is 5. The minimum atomic E-state index is -0.808. The molecule has 3 N–H and O–H groups in total. The third kappa shape index (κ3) is 35.1. The van der Waals surface area contributed by atoms with Crippen molar-refractivity contribution in [1.29, 1.82) is 0 Å². The van der Waals surface area contributed by atoms with Crippen LogP contribution in [0.4, 0.5) is 0 Å². The zero-order valence-corrected chi connectivity index (χ0v) is 34.4. The van der Waals surface area contributed by atoms with Gasteiger partial charge in [-0.15, -0.1) is 0 Å². The zero-order valence-electron chi connectivity index (χ0n) is 34.4. The van der Waals surface area contributed by atoms with Crippen molar-refractivity contribution >= 4 is 11.9 Å². The lowest BCUT2D eigenvalue weighted by atomic mass is 10.0. The fourth-order valence-electron chi connectivity index (χ4n) is 6.51. The van der Waals surface area contributed by atoms with E-state index < -0.39 is 18.2 Å². The number of nitrogens with one attached hydrogen (secondary N) is 1. The SMILES string of the molecule is CCCCCCCC/C=C\C/C=C/C(CC(=O)NC(CO)C(O)CCCCCCCCCCC)OC(=O)CCCCC/C=C\CCCCCCCC. The summed E-state index contributed by atoms with van der Waals surface area (Å²) in [7, 11) is 0. The number of unbranched alkanes of at least 4 members (excludes halogenated alkanes) is 23. The molecule has 52 heavy (non-hydrogen) atoms. The Morgan fingerprint density at radius 2 is 1.02 bits per heavy atom. The van der Waals surface area contributed by atoms with Crippen molar-refractivity contribution in [2.45, 2.75) is 238 Å². The normalized spacial score (nSPS) is 13.7. The molecule has 0 saturated carbocycles. The summed E-state index contributed by atoms with van der Waals surface area (Å²) in [5.74, 6) is -0.622. The number of carbonyl (C=O) groups is 2. The largest absolute Gasteiger partial charge is 0.458 e. The Morgan fingerprint density at radius 3 is 1.52 bits per heavy atom.